The molecule has 1 N–H and O–H groups in total. The Morgan fingerprint density at radius 1 is 1.20 bits per heavy atom. The van der Waals surface area contributed by atoms with Gasteiger partial charge in [-0.05, 0) is 38.8 Å². The summed E-state index contributed by atoms with van der Waals surface area (Å²) in [7, 11) is 0. The number of alkyl halides is 3. The molecule has 3 fully saturated rings. The van der Waals surface area contributed by atoms with Gasteiger partial charge in [-0.1, -0.05) is 0 Å². The Morgan fingerprint density at radius 3 is 2.07 bits per heavy atom. The van der Waals surface area contributed by atoms with E-state index in [1.807, 2.05) is 4.90 Å². The molecule has 3 saturated heterocycles. The fourth-order valence-electron chi connectivity index (χ4n) is 2.81. The van der Waals surface area contributed by atoms with Gasteiger partial charge in [-0.15, -0.1) is 0 Å². The van der Waals surface area contributed by atoms with Crippen molar-refractivity contribution < 1.29 is 18.3 Å². The molecule has 0 saturated carbocycles. The number of halogens is 3. The van der Waals surface area contributed by atoms with Gasteiger partial charge in [0.25, 0.3) is 0 Å². The van der Waals surface area contributed by atoms with Crippen molar-refractivity contribution in [3.8, 4) is 0 Å². The zero-order valence-corrected chi connectivity index (χ0v) is 8.72. The van der Waals surface area contributed by atoms with Crippen LogP contribution >= 0.6 is 0 Å². The standard InChI is InChI=1S/C10H16F3NO/c1-9(15,10(11,12)13)8-6-14-4-2-7(8)3-5-14/h7-8,15H,2-6H2,1H3. The molecule has 5 heteroatoms. The minimum atomic E-state index is -4.52. The molecular formula is C10H16F3NO. The summed E-state index contributed by atoms with van der Waals surface area (Å²) < 4.78 is 38.0. The van der Waals surface area contributed by atoms with E-state index >= 15 is 0 Å². The highest BCUT2D eigenvalue weighted by Gasteiger charge is 2.58. The molecule has 2 atom stereocenters. The first-order chi connectivity index (χ1) is 6.82. The quantitative estimate of drug-likeness (QED) is 0.730. The highest BCUT2D eigenvalue weighted by molar-refractivity contribution is 4.99. The summed E-state index contributed by atoms with van der Waals surface area (Å²) in [6, 6.07) is 0. The van der Waals surface area contributed by atoms with Crippen molar-refractivity contribution in [3.63, 3.8) is 0 Å². The lowest BCUT2D eigenvalue weighted by molar-refractivity contribution is -0.286. The maximum atomic E-state index is 12.7. The van der Waals surface area contributed by atoms with E-state index < -0.39 is 17.7 Å². The van der Waals surface area contributed by atoms with Gasteiger partial charge in [-0.25, -0.2) is 0 Å². The number of hydrogen-bond acceptors (Lipinski definition) is 2. The van der Waals surface area contributed by atoms with Crippen molar-refractivity contribution in [3.05, 3.63) is 0 Å². The molecule has 0 aliphatic carbocycles. The number of fused-ring (bicyclic) bond motifs is 3. The van der Waals surface area contributed by atoms with E-state index in [2.05, 4.69) is 0 Å². The third-order valence-corrected chi connectivity index (χ3v) is 3.95. The smallest absolute Gasteiger partial charge is 0.380 e. The molecule has 2 bridgehead atoms. The van der Waals surface area contributed by atoms with Crippen LogP contribution in [0.4, 0.5) is 13.2 Å². The molecule has 3 aliphatic heterocycles. The number of nitrogens with zero attached hydrogens (tertiary/aromatic N) is 1. The minimum Gasteiger partial charge on any atom is -0.380 e. The zero-order valence-electron chi connectivity index (χ0n) is 8.72. The molecule has 15 heavy (non-hydrogen) atoms. The SMILES string of the molecule is CC(O)(C1CN2CCC1CC2)C(F)(F)F. The molecule has 0 aromatic heterocycles. The molecule has 88 valence electrons. The van der Waals surface area contributed by atoms with E-state index in [0.29, 0.717) is 6.54 Å². The fourth-order valence-corrected chi connectivity index (χ4v) is 2.81. The number of piperidine rings is 3. The third kappa shape index (κ3) is 1.76. The summed E-state index contributed by atoms with van der Waals surface area (Å²) in [4.78, 5) is 2.02. The normalized spacial score (nSPS) is 40.2. The lowest BCUT2D eigenvalue weighted by atomic mass is 9.70. The number of aliphatic hydroxyl groups is 1. The van der Waals surface area contributed by atoms with Crippen LogP contribution in [-0.2, 0) is 0 Å². The molecule has 0 amide bonds. The van der Waals surface area contributed by atoms with Crippen LogP contribution in [-0.4, -0.2) is 41.4 Å². The van der Waals surface area contributed by atoms with Crippen molar-refractivity contribution in [1.82, 2.24) is 4.90 Å². The van der Waals surface area contributed by atoms with Crippen molar-refractivity contribution in [1.29, 1.82) is 0 Å². The van der Waals surface area contributed by atoms with Crippen molar-refractivity contribution in [2.24, 2.45) is 11.8 Å². The first-order valence-corrected chi connectivity index (χ1v) is 5.34. The summed E-state index contributed by atoms with van der Waals surface area (Å²) in [5, 5.41) is 9.65. The molecule has 0 aromatic carbocycles. The van der Waals surface area contributed by atoms with Crippen LogP contribution in [0.2, 0.25) is 0 Å². The fraction of sp³-hybridized carbons (Fsp3) is 1.00. The Bertz CT molecular complexity index is 244. The summed E-state index contributed by atoms with van der Waals surface area (Å²) in [5.74, 6) is -0.619. The highest BCUT2D eigenvalue weighted by atomic mass is 19.4. The topological polar surface area (TPSA) is 23.5 Å². The monoisotopic (exact) mass is 223 g/mol. The second-order valence-corrected chi connectivity index (χ2v) is 4.89. The maximum absolute atomic E-state index is 12.7. The van der Waals surface area contributed by atoms with Gasteiger partial charge in [0.2, 0.25) is 0 Å². The van der Waals surface area contributed by atoms with Crippen LogP contribution in [0, 0.1) is 11.8 Å². The first-order valence-electron chi connectivity index (χ1n) is 5.34. The van der Waals surface area contributed by atoms with Crippen LogP contribution in [0.15, 0.2) is 0 Å². The Balaban J connectivity index is 2.17. The number of hydrogen-bond donors (Lipinski definition) is 1. The van der Waals surface area contributed by atoms with Crippen LogP contribution in [0.3, 0.4) is 0 Å². The first kappa shape index (κ1) is 11.2. The zero-order chi connectivity index (χ0) is 11.3. The molecule has 0 spiro atoms. The van der Waals surface area contributed by atoms with Gasteiger partial charge < -0.3 is 10.0 Å². The molecule has 0 radical (unpaired) electrons. The van der Waals surface area contributed by atoms with Gasteiger partial charge in [-0.3, -0.25) is 0 Å². The largest absolute Gasteiger partial charge is 0.417 e. The molecule has 3 rings (SSSR count). The summed E-state index contributed by atoms with van der Waals surface area (Å²) >= 11 is 0. The van der Waals surface area contributed by atoms with E-state index in [1.54, 1.807) is 0 Å². The van der Waals surface area contributed by atoms with Gasteiger partial charge in [0.05, 0.1) is 0 Å². The molecule has 3 heterocycles. The van der Waals surface area contributed by atoms with Crippen LogP contribution in [0.5, 0.6) is 0 Å². The van der Waals surface area contributed by atoms with Crippen molar-refractivity contribution in [2.75, 3.05) is 19.6 Å². The van der Waals surface area contributed by atoms with Crippen LogP contribution in [0.25, 0.3) is 0 Å². The predicted molar refractivity (Wildman–Crippen MR) is 49.3 cm³/mol. The molecule has 0 aromatic rings. The lowest BCUT2D eigenvalue weighted by Crippen LogP contribution is -2.60. The highest BCUT2D eigenvalue weighted by Crippen LogP contribution is 2.45. The van der Waals surface area contributed by atoms with E-state index in [4.69, 9.17) is 0 Å². The van der Waals surface area contributed by atoms with E-state index in [9.17, 15) is 18.3 Å². The molecule has 3 aliphatic rings. The van der Waals surface area contributed by atoms with E-state index in [0.717, 1.165) is 32.9 Å². The van der Waals surface area contributed by atoms with Gasteiger partial charge in [-0.2, -0.15) is 13.2 Å². The van der Waals surface area contributed by atoms with E-state index in [1.165, 1.54) is 0 Å². The second-order valence-electron chi connectivity index (χ2n) is 4.89. The third-order valence-electron chi connectivity index (χ3n) is 3.95. The van der Waals surface area contributed by atoms with Crippen LogP contribution < -0.4 is 0 Å². The lowest BCUT2D eigenvalue weighted by Gasteiger charge is -2.50. The van der Waals surface area contributed by atoms with Crippen molar-refractivity contribution >= 4 is 0 Å². The molecule has 2 nitrogen and oxygen atoms in total. The van der Waals surface area contributed by atoms with Gasteiger partial charge in [0.1, 0.15) is 0 Å². The summed E-state index contributed by atoms with van der Waals surface area (Å²) in [5.41, 5.74) is -2.53. The average molecular weight is 223 g/mol. The number of rotatable bonds is 1. The second kappa shape index (κ2) is 3.35. The van der Waals surface area contributed by atoms with Crippen LogP contribution in [0.1, 0.15) is 19.8 Å². The molecule has 2 unspecified atom stereocenters. The van der Waals surface area contributed by atoms with Gasteiger partial charge in [0, 0.05) is 12.5 Å². The van der Waals surface area contributed by atoms with E-state index in [-0.39, 0.29) is 5.92 Å². The van der Waals surface area contributed by atoms with Gasteiger partial charge >= 0.3 is 6.18 Å². The Morgan fingerprint density at radius 2 is 1.73 bits per heavy atom. The van der Waals surface area contributed by atoms with Gasteiger partial charge in [0.15, 0.2) is 5.60 Å². The predicted octanol–water partition coefficient (Wildman–Crippen LogP) is 1.64. The average Bonchev–Trinajstić information content (AvgIpc) is 2.17. The minimum absolute atomic E-state index is 0.0339. The molecular weight excluding hydrogens is 207 g/mol. The maximum Gasteiger partial charge on any atom is 0.417 e. The Hall–Kier alpha value is -0.290. The summed E-state index contributed by atoms with van der Waals surface area (Å²) in [6.45, 7) is 3.07. The van der Waals surface area contributed by atoms with Crippen molar-refractivity contribution in [2.45, 2.75) is 31.5 Å². The Kier molecular flexibility index (Phi) is 2.50. The Labute approximate surface area is 87.1 Å². The summed E-state index contributed by atoms with van der Waals surface area (Å²) in [6.07, 6.45) is -2.94.